The summed E-state index contributed by atoms with van der Waals surface area (Å²) < 4.78 is 14.9. The van der Waals surface area contributed by atoms with Crippen LogP contribution in [0.4, 0.5) is 4.39 Å². The van der Waals surface area contributed by atoms with Crippen LogP contribution in [0.1, 0.15) is 17.4 Å². The van der Waals surface area contributed by atoms with Crippen molar-refractivity contribution in [2.45, 2.75) is 19.6 Å². The Morgan fingerprint density at radius 1 is 1.14 bits per heavy atom. The van der Waals surface area contributed by atoms with Gasteiger partial charge in [-0.1, -0.05) is 36.4 Å². The predicted octanol–water partition coefficient (Wildman–Crippen LogP) is 2.58. The molecule has 5 heteroatoms. The van der Waals surface area contributed by atoms with Crippen molar-refractivity contribution in [1.82, 2.24) is 9.78 Å². The highest BCUT2D eigenvalue weighted by Gasteiger charge is 2.15. The van der Waals surface area contributed by atoms with Gasteiger partial charge in [0, 0.05) is 10.9 Å². The maximum Gasteiger partial charge on any atom is 0.274 e. The predicted molar refractivity (Wildman–Crippen MR) is 82.1 cm³/mol. The number of hydrogen-bond donors (Lipinski definition) is 1. The van der Waals surface area contributed by atoms with Gasteiger partial charge in [0.1, 0.15) is 11.9 Å². The fourth-order valence-electron chi connectivity index (χ4n) is 2.54. The van der Waals surface area contributed by atoms with Gasteiger partial charge in [0.05, 0.1) is 17.6 Å². The van der Waals surface area contributed by atoms with E-state index in [9.17, 15) is 14.3 Å². The molecule has 22 heavy (non-hydrogen) atoms. The van der Waals surface area contributed by atoms with Crippen LogP contribution in [0.2, 0.25) is 0 Å². The molecule has 2 aromatic carbocycles. The molecule has 0 saturated heterocycles. The lowest BCUT2D eigenvalue weighted by molar-refractivity contribution is 0.145. The van der Waals surface area contributed by atoms with Gasteiger partial charge in [-0.05, 0) is 19.1 Å². The molecular formula is C17H15FN2O2. The summed E-state index contributed by atoms with van der Waals surface area (Å²) >= 11 is 0. The van der Waals surface area contributed by atoms with Crippen molar-refractivity contribution in [3.8, 4) is 0 Å². The van der Waals surface area contributed by atoms with E-state index in [-0.39, 0.29) is 17.7 Å². The second kappa shape index (κ2) is 5.69. The van der Waals surface area contributed by atoms with E-state index in [4.69, 9.17) is 0 Å². The van der Waals surface area contributed by atoms with Crippen LogP contribution in [0.3, 0.4) is 0 Å². The van der Waals surface area contributed by atoms with E-state index >= 15 is 0 Å². The van der Waals surface area contributed by atoms with E-state index in [0.29, 0.717) is 11.1 Å². The van der Waals surface area contributed by atoms with Crippen LogP contribution in [0.5, 0.6) is 0 Å². The fourth-order valence-corrected chi connectivity index (χ4v) is 2.54. The molecule has 0 aliphatic heterocycles. The zero-order chi connectivity index (χ0) is 15.7. The molecule has 3 aromatic rings. The van der Waals surface area contributed by atoms with Crippen LogP contribution in [-0.4, -0.2) is 14.9 Å². The average molecular weight is 298 g/mol. The summed E-state index contributed by atoms with van der Waals surface area (Å²) in [5.74, 6) is -0.499. The lowest BCUT2D eigenvalue weighted by atomic mass is 10.1. The molecule has 1 aromatic heterocycles. The van der Waals surface area contributed by atoms with E-state index in [2.05, 4.69) is 5.10 Å². The molecule has 0 radical (unpaired) electrons. The van der Waals surface area contributed by atoms with E-state index in [0.717, 1.165) is 5.39 Å². The number of aliphatic hydroxyl groups excluding tert-OH is 1. The number of halogens is 1. The number of fused-ring (bicyclic) bond motifs is 1. The minimum Gasteiger partial charge on any atom is -0.386 e. The Balaban J connectivity index is 2.03. The summed E-state index contributed by atoms with van der Waals surface area (Å²) in [7, 11) is 0. The van der Waals surface area contributed by atoms with Gasteiger partial charge in [-0.25, -0.2) is 9.07 Å². The number of benzene rings is 2. The number of aliphatic hydroxyl groups is 1. The monoisotopic (exact) mass is 298 g/mol. The van der Waals surface area contributed by atoms with Crippen molar-refractivity contribution in [3.63, 3.8) is 0 Å². The molecule has 0 amide bonds. The molecule has 0 aliphatic carbocycles. The van der Waals surface area contributed by atoms with E-state index in [1.165, 1.54) is 16.8 Å². The largest absolute Gasteiger partial charge is 0.386 e. The Bertz CT molecular complexity index is 889. The number of nitrogens with zero attached hydrogens (tertiary/aromatic N) is 2. The first-order chi connectivity index (χ1) is 10.6. The van der Waals surface area contributed by atoms with Gasteiger partial charge in [0.25, 0.3) is 5.56 Å². The van der Waals surface area contributed by atoms with Gasteiger partial charge in [0.15, 0.2) is 0 Å². The molecular weight excluding hydrogens is 283 g/mol. The Kier molecular flexibility index (Phi) is 3.73. The minimum atomic E-state index is -1.13. The number of hydrogen-bond acceptors (Lipinski definition) is 3. The smallest absolute Gasteiger partial charge is 0.274 e. The molecule has 0 bridgehead atoms. The number of aromatic nitrogens is 2. The third-order valence-corrected chi connectivity index (χ3v) is 3.66. The van der Waals surface area contributed by atoms with Crippen molar-refractivity contribution >= 4 is 10.8 Å². The molecule has 0 saturated carbocycles. The van der Waals surface area contributed by atoms with E-state index in [1.807, 2.05) is 12.1 Å². The molecule has 112 valence electrons. The molecule has 0 unspecified atom stereocenters. The van der Waals surface area contributed by atoms with Crippen LogP contribution in [0, 0.1) is 12.7 Å². The molecule has 1 N–H and O–H groups in total. The standard InChI is InChI=1S/C17H15FN2O2/c1-11-12-6-2-3-7-13(12)17(22)20(19-11)10-16(21)14-8-4-5-9-15(14)18/h2-9,16,21H,10H2,1H3/t16-/m0/s1. The van der Waals surface area contributed by atoms with Crippen molar-refractivity contribution in [1.29, 1.82) is 0 Å². The second-order valence-electron chi connectivity index (χ2n) is 5.16. The van der Waals surface area contributed by atoms with Crippen LogP contribution < -0.4 is 5.56 Å². The summed E-state index contributed by atoms with van der Waals surface area (Å²) in [6.45, 7) is 1.71. The fraction of sp³-hybridized carbons (Fsp3) is 0.176. The Labute approximate surface area is 126 Å². The summed E-state index contributed by atoms with van der Waals surface area (Å²) in [5.41, 5.74) is 0.550. The van der Waals surface area contributed by atoms with Gasteiger partial charge in [0.2, 0.25) is 0 Å². The first kappa shape index (κ1) is 14.4. The molecule has 0 aliphatic rings. The van der Waals surface area contributed by atoms with Crippen LogP contribution in [-0.2, 0) is 6.54 Å². The Hall–Kier alpha value is -2.53. The lowest BCUT2D eigenvalue weighted by Gasteiger charge is -2.14. The van der Waals surface area contributed by atoms with Crippen LogP contribution in [0.25, 0.3) is 10.8 Å². The van der Waals surface area contributed by atoms with E-state index < -0.39 is 11.9 Å². The van der Waals surface area contributed by atoms with Gasteiger partial charge in [-0.2, -0.15) is 5.10 Å². The van der Waals surface area contributed by atoms with Crippen molar-refractivity contribution in [3.05, 3.63) is 76.0 Å². The highest BCUT2D eigenvalue weighted by molar-refractivity contribution is 5.83. The van der Waals surface area contributed by atoms with Gasteiger partial charge in [-0.3, -0.25) is 4.79 Å². The first-order valence-electron chi connectivity index (χ1n) is 6.97. The first-order valence-corrected chi connectivity index (χ1v) is 6.97. The Morgan fingerprint density at radius 2 is 1.77 bits per heavy atom. The highest BCUT2D eigenvalue weighted by Crippen LogP contribution is 2.18. The molecule has 0 fully saturated rings. The SMILES string of the molecule is Cc1nn(C[C@H](O)c2ccccc2F)c(=O)c2ccccc12. The molecule has 3 rings (SSSR count). The van der Waals surface area contributed by atoms with Crippen molar-refractivity contribution in [2.24, 2.45) is 0 Å². The van der Waals surface area contributed by atoms with Crippen molar-refractivity contribution in [2.75, 3.05) is 0 Å². The zero-order valence-electron chi connectivity index (χ0n) is 12.0. The third kappa shape index (κ3) is 2.51. The van der Waals surface area contributed by atoms with Crippen LogP contribution in [0.15, 0.2) is 53.3 Å². The maximum atomic E-state index is 13.7. The quantitative estimate of drug-likeness (QED) is 0.808. The van der Waals surface area contributed by atoms with Crippen LogP contribution >= 0.6 is 0 Å². The molecule has 1 atom stereocenters. The summed E-state index contributed by atoms with van der Waals surface area (Å²) in [6, 6.07) is 13.1. The molecule has 1 heterocycles. The molecule has 4 nitrogen and oxygen atoms in total. The van der Waals surface area contributed by atoms with Gasteiger partial charge >= 0.3 is 0 Å². The topological polar surface area (TPSA) is 55.1 Å². The summed E-state index contributed by atoms with van der Waals surface area (Å²) in [5, 5.41) is 15.7. The number of aryl methyl sites for hydroxylation is 1. The maximum absolute atomic E-state index is 13.7. The van der Waals surface area contributed by atoms with Gasteiger partial charge < -0.3 is 5.11 Å². The molecule has 0 spiro atoms. The number of rotatable bonds is 3. The minimum absolute atomic E-state index is 0.0918. The summed E-state index contributed by atoms with van der Waals surface area (Å²) in [6.07, 6.45) is -1.13. The lowest BCUT2D eigenvalue weighted by Crippen LogP contribution is -2.27. The van der Waals surface area contributed by atoms with Gasteiger partial charge in [-0.15, -0.1) is 0 Å². The highest BCUT2D eigenvalue weighted by atomic mass is 19.1. The average Bonchev–Trinajstić information content (AvgIpc) is 2.52. The Morgan fingerprint density at radius 3 is 2.50 bits per heavy atom. The second-order valence-corrected chi connectivity index (χ2v) is 5.16. The zero-order valence-corrected chi connectivity index (χ0v) is 12.0. The van der Waals surface area contributed by atoms with E-state index in [1.54, 1.807) is 31.2 Å². The third-order valence-electron chi connectivity index (χ3n) is 3.66. The summed E-state index contributed by atoms with van der Waals surface area (Å²) in [4.78, 5) is 12.4. The normalized spacial score (nSPS) is 12.5. The van der Waals surface area contributed by atoms with Crippen molar-refractivity contribution < 1.29 is 9.50 Å².